The maximum atomic E-state index is 12.7. The molecular formula is C18H17BrN6O2. The molecule has 0 aliphatic carbocycles. The van der Waals surface area contributed by atoms with Crippen molar-refractivity contribution in [2.45, 2.75) is 19.4 Å². The van der Waals surface area contributed by atoms with Crippen molar-refractivity contribution in [3.05, 3.63) is 76.0 Å². The third-order valence-corrected chi connectivity index (χ3v) is 4.46. The first kappa shape index (κ1) is 18.7. The summed E-state index contributed by atoms with van der Waals surface area (Å²) in [5, 5.41) is 11.4. The van der Waals surface area contributed by atoms with E-state index >= 15 is 0 Å². The molecule has 1 aromatic heterocycles. The topological polar surface area (TPSA) is 102 Å². The highest BCUT2D eigenvalue weighted by molar-refractivity contribution is 9.10. The van der Waals surface area contributed by atoms with Crippen LogP contribution in [0.4, 0.5) is 0 Å². The molecule has 8 nitrogen and oxygen atoms in total. The van der Waals surface area contributed by atoms with Crippen molar-refractivity contribution in [1.82, 2.24) is 31.1 Å². The monoisotopic (exact) mass is 428 g/mol. The number of nitrogens with zero attached hydrogens (tertiary/aromatic N) is 4. The van der Waals surface area contributed by atoms with Gasteiger partial charge in [0.15, 0.2) is 0 Å². The van der Waals surface area contributed by atoms with Crippen LogP contribution in [0.3, 0.4) is 0 Å². The highest BCUT2D eigenvalue weighted by Gasteiger charge is 2.24. The molecule has 0 saturated heterocycles. The first-order valence-corrected chi connectivity index (χ1v) is 8.98. The number of rotatable bonds is 5. The summed E-state index contributed by atoms with van der Waals surface area (Å²) in [6.07, 6.45) is 0.382. The summed E-state index contributed by atoms with van der Waals surface area (Å²) in [6, 6.07) is 15.6. The van der Waals surface area contributed by atoms with E-state index in [-0.39, 0.29) is 0 Å². The maximum absolute atomic E-state index is 12.7. The third kappa shape index (κ3) is 4.76. The number of aryl methyl sites for hydroxylation is 1. The van der Waals surface area contributed by atoms with Gasteiger partial charge in [-0.05, 0) is 47.2 Å². The third-order valence-electron chi connectivity index (χ3n) is 3.93. The lowest BCUT2D eigenvalue weighted by Gasteiger charge is -2.18. The molecule has 3 rings (SSSR count). The van der Waals surface area contributed by atoms with Crippen LogP contribution in [-0.4, -0.2) is 32.0 Å². The molecule has 2 aromatic carbocycles. The predicted molar refractivity (Wildman–Crippen MR) is 101 cm³/mol. The molecule has 0 aliphatic heterocycles. The van der Waals surface area contributed by atoms with E-state index in [1.807, 2.05) is 30.3 Å². The van der Waals surface area contributed by atoms with Gasteiger partial charge < -0.3 is 0 Å². The Bertz CT molecular complexity index is 927. The summed E-state index contributed by atoms with van der Waals surface area (Å²) in [5.74, 6) is -0.326. The van der Waals surface area contributed by atoms with Gasteiger partial charge in [-0.15, -0.1) is 5.10 Å². The zero-order valence-corrected chi connectivity index (χ0v) is 16.0. The second-order valence-electron chi connectivity index (χ2n) is 5.83. The molecule has 27 heavy (non-hydrogen) atoms. The molecule has 0 fully saturated rings. The minimum absolute atomic E-state index is 0.382. The highest BCUT2D eigenvalue weighted by atomic mass is 79.9. The summed E-state index contributed by atoms with van der Waals surface area (Å²) in [5.41, 5.74) is 6.27. The number of benzene rings is 2. The predicted octanol–water partition coefficient (Wildman–Crippen LogP) is 1.99. The molecule has 0 aliphatic rings. The fourth-order valence-corrected chi connectivity index (χ4v) is 2.79. The highest BCUT2D eigenvalue weighted by Crippen LogP contribution is 2.15. The van der Waals surface area contributed by atoms with Crippen LogP contribution in [0.25, 0.3) is 0 Å². The standard InChI is InChI=1S/C18H17BrN6O2/c1-12-20-23-24-25(12)16(11-13-5-3-2-4-6-13)18(27)22-21-17(26)14-7-9-15(19)10-8-14/h2-10,16H,11H2,1H3,(H,21,26)(H,22,27). The Morgan fingerprint density at radius 2 is 1.78 bits per heavy atom. The SMILES string of the molecule is Cc1nnnn1C(Cc1ccccc1)C(=O)NNC(=O)c1ccc(Br)cc1. The summed E-state index contributed by atoms with van der Waals surface area (Å²) in [4.78, 5) is 24.9. The van der Waals surface area contributed by atoms with Crippen LogP contribution in [0.15, 0.2) is 59.1 Å². The van der Waals surface area contributed by atoms with E-state index in [2.05, 4.69) is 42.3 Å². The fourth-order valence-electron chi connectivity index (χ4n) is 2.53. The van der Waals surface area contributed by atoms with Crippen molar-refractivity contribution in [3.63, 3.8) is 0 Å². The number of carbonyl (C=O) groups excluding carboxylic acids is 2. The van der Waals surface area contributed by atoms with Gasteiger partial charge in [0, 0.05) is 16.5 Å². The van der Waals surface area contributed by atoms with Gasteiger partial charge in [-0.1, -0.05) is 46.3 Å². The average molecular weight is 429 g/mol. The quantitative estimate of drug-likeness (QED) is 0.604. The van der Waals surface area contributed by atoms with Gasteiger partial charge in [0.25, 0.3) is 11.8 Å². The van der Waals surface area contributed by atoms with Crippen LogP contribution in [0.2, 0.25) is 0 Å². The van der Waals surface area contributed by atoms with E-state index in [0.717, 1.165) is 10.0 Å². The van der Waals surface area contributed by atoms with E-state index < -0.39 is 17.9 Å². The van der Waals surface area contributed by atoms with E-state index in [4.69, 9.17) is 0 Å². The average Bonchev–Trinajstić information content (AvgIpc) is 3.11. The van der Waals surface area contributed by atoms with Crippen molar-refractivity contribution in [3.8, 4) is 0 Å². The maximum Gasteiger partial charge on any atom is 0.269 e. The molecule has 9 heteroatoms. The van der Waals surface area contributed by atoms with E-state index in [1.165, 1.54) is 4.68 Å². The second kappa shape index (κ2) is 8.54. The molecule has 0 saturated carbocycles. The van der Waals surface area contributed by atoms with Crippen LogP contribution in [0.1, 0.15) is 27.8 Å². The lowest BCUT2D eigenvalue weighted by atomic mass is 10.1. The summed E-state index contributed by atoms with van der Waals surface area (Å²) < 4.78 is 2.30. The van der Waals surface area contributed by atoms with Gasteiger partial charge >= 0.3 is 0 Å². The van der Waals surface area contributed by atoms with Gasteiger partial charge in [0.05, 0.1) is 0 Å². The largest absolute Gasteiger partial charge is 0.271 e. The van der Waals surface area contributed by atoms with Gasteiger partial charge in [-0.2, -0.15) is 0 Å². The number of aromatic nitrogens is 4. The molecule has 138 valence electrons. The minimum atomic E-state index is -0.701. The van der Waals surface area contributed by atoms with Gasteiger partial charge in [-0.3, -0.25) is 20.4 Å². The summed E-state index contributed by atoms with van der Waals surface area (Å²) in [6.45, 7) is 1.71. The van der Waals surface area contributed by atoms with E-state index in [0.29, 0.717) is 17.8 Å². The Labute approximate surface area is 164 Å². The van der Waals surface area contributed by atoms with Gasteiger partial charge in [0.2, 0.25) is 0 Å². The Hall–Kier alpha value is -3.07. The fraction of sp³-hybridized carbons (Fsp3) is 0.167. The van der Waals surface area contributed by atoms with Gasteiger partial charge in [-0.25, -0.2) is 4.68 Å². The number of halogens is 1. The second-order valence-corrected chi connectivity index (χ2v) is 6.74. The number of nitrogens with one attached hydrogen (secondary N) is 2. The number of hydrogen-bond donors (Lipinski definition) is 2. The van der Waals surface area contributed by atoms with E-state index in [9.17, 15) is 9.59 Å². The Morgan fingerprint density at radius 3 is 2.41 bits per heavy atom. The summed E-state index contributed by atoms with van der Waals surface area (Å²) in [7, 11) is 0. The van der Waals surface area contributed by atoms with Crippen molar-refractivity contribution in [2.75, 3.05) is 0 Å². The summed E-state index contributed by atoms with van der Waals surface area (Å²) >= 11 is 3.31. The Morgan fingerprint density at radius 1 is 1.07 bits per heavy atom. The van der Waals surface area contributed by atoms with Crippen LogP contribution >= 0.6 is 15.9 Å². The van der Waals surface area contributed by atoms with Crippen LogP contribution < -0.4 is 10.9 Å². The normalized spacial score (nSPS) is 11.6. The van der Waals surface area contributed by atoms with Gasteiger partial charge in [0.1, 0.15) is 11.9 Å². The van der Waals surface area contributed by atoms with Crippen LogP contribution in [-0.2, 0) is 11.2 Å². The first-order valence-electron chi connectivity index (χ1n) is 8.19. The van der Waals surface area contributed by atoms with Crippen molar-refractivity contribution >= 4 is 27.7 Å². The molecule has 0 radical (unpaired) electrons. The molecule has 3 aromatic rings. The molecule has 1 atom stereocenters. The number of hydrazine groups is 1. The Kier molecular flexibility index (Phi) is 5.92. The first-order chi connectivity index (χ1) is 13.0. The molecule has 1 heterocycles. The van der Waals surface area contributed by atoms with Crippen molar-refractivity contribution < 1.29 is 9.59 Å². The van der Waals surface area contributed by atoms with Crippen molar-refractivity contribution in [2.24, 2.45) is 0 Å². The molecular weight excluding hydrogens is 412 g/mol. The molecule has 0 spiro atoms. The van der Waals surface area contributed by atoms with Crippen LogP contribution in [0.5, 0.6) is 0 Å². The molecule has 1 unspecified atom stereocenters. The number of hydrogen-bond acceptors (Lipinski definition) is 5. The molecule has 2 amide bonds. The van der Waals surface area contributed by atoms with E-state index in [1.54, 1.807) is 31.2 Å². The number of tetrazole rings is 1. The number of amides is 2. The molecule has 0 bridgehead atoms. The lowest BCUT2D eigenvalue weighted by molar-refractivity contribution is -0.125. The van der Waals surface area contributed by atoms with Crippen molar-refractivity contribution in [1.29, 1.82) is 0 Å². The zero-order chi connectivity index (χ0) is 19.2. The smallest absolute Gasteiger partial charge is 0.269 e. The van der Waals surface area contributed by atoms with Crippen LogP contribution in [0, 0.1) is 6.92 Å². The lowest BCUT2D eigenvalue weighted by Crippen LogP contribution is -2.46. The zero-order valence-electron chi connectivity index (χ0n) is 14.5. The molecule has 2 N–H and O–H groups in total. The minimum Gasteiger partial charge on any atom is -0.271 e. The Balaban J connectivity index is 1.72. The number of carbonyl (C=O) groups is 2.